The van der Waals surface area contributed by atoms with Crippen molar-refractivity contribution in [3.8, 4) is 5.75 Å². The second-order valence-electron chi connectivity index (χ2n) is 7.81. The molecule has 3 aromatic carbocycles. The molecular formula is C25H28ClFN2O. The predicted octanol–water partition coefficient (Wildman–Crippen LogP) is 5.79. The lowest BCUT2D eigenvalue weighted by atomic mass is 10.0. The van der Waals surface area contributed by atoms with Gasteiger partial charge in [0.1, 0.15) is 18.2 Å². The molecule has 1 N–H and O–H groups in total. The average molecular weight is 427 g/mol. The van der Waals surface area contributed by atoms with Crippen molar-refractivity contribution in [1.82, 2.24) is 10.2 Å². The molecule has 0 amide bonds. The van der Waals surface area contributed by atoms with E-state index < -0.39 is 0 Å². The molecule has 1 aliphatic heterocycles. The highest BCUT2D eigenvalue weighted by molar-refractivity contribution is 6.31. The maximum absolute atomic E-state index is 14.2. The molecule has 0 spiro atoms. The molecule has 0 radical (unpaired) electrons. The van der Waals surface area contributed by atoms with Crippen LogP contribution in [0.15, 0.2) is 54.6 Å². The molecule has 1 saturated heterocycles. The van der Waals surface area contributed by atoms with E-state index in [1.54, 1.807) is 12.1 Å². The molecule has 158 valence electrons. The van der Waals surface area contributed by atoms with E-state index >= 15 is 0 Å². The van der Waals surface area contributed by atoms with Crippen molar-refractivity contribution in [2.24, 2.45) is 0 Å². The van der Waals surface area contributed by atoms with Crippen LogP contribution in [0.5, 0.6) is 5.75 Å². The van der Waals surface area contributed by atoms with Gasteiger partial charge in [-0.25, -0.2) is 4.39 Å². The standard InChI is InChI=1S/C25H28ClFN2O/c1-2-29-14-6-8-19(29)15-28-16-21-20-9-4-3-7-18(20)12-13-25(21)30-17-22-23(26)10-5-11-24(22)27/h3-5,7,9-13,19,28H,2,6,8,14-17H2,1H3/t19-/m0/s1. The first-order valence-corrected chi connectivity index (χ1v) is 11.1. The lowest BCUT2D eigenvalue weighted by molar-refractivity contribution is 0.259. The number of halogens is 2. The third-order valence-electron chi connectivity index (χ3n) is 6.02. The second-order valence-corrected chi connectivity index (χ2v) is 8.22. The monoisotopic (exact) mass is 426 g/mol. The van der Waals surface area contributed by atoms with Crippen molar-refractivity contribution in [1.29, 1.82) is 0 Å². The Hall–Kier alpha value is -2.14. The molecule has 3 nitrogen and oxygen atoms in total. The fourth-order valence-corrected chi connectivity index (χ4v) is 4.58. The number of likely N-dealkylation sites (tertiary alicyclic amines) is 1. The minimum Gasteiger partial charge on any atom is -0.488 e. The third kappa shape index (κ3) is 4.61. The molecule has 0 aromatic heterocycles. The van der Waals surface area contributed by atoms with Gasteiger partial charge in [-0.05, 0) is 54.9 Å². The van der Waals surface area contributed by atoms with Crippen LogP contribution in [0.1, 0.15) is 30.9 Å². The van der Waals surface area contributed by atoms with Crippen LogP contribution in [0, 0.1) is 5.82 Å². The lowest BCUT2D eigenvalue weighted by Gasteiger charge is -2.23. The molecule has 0 aliphatic carbocycles. The molecular weight excluding hydrogens is 399 g/mol. The first kappa shape index (κ1) is 21.1. The second kappa shape index (κ2) is 9.78. The number of hydrogen-bond acceptors (Lipinski definition) is 3. The summed E-state index contributed by atoms with van der Waals surface area (Å²) in [7, 11) is 0. The van der Waals surface area contributed by atoms with Crippen molar-refractivity contribution in [3.05, 3.63) is 76.6 Å². The minimum atomic E-state index is -0.344. The van der Waals surface area contributed by atoms with Gasteiger partial charge in [0.15, 0.2) is 0 Å². The van der Waals surface area contributed by atoms with Gasteiger partial charge in [-0.3, -0.25) is 4.90 Å². The summed E-state index contributed by atoms with van der Waals surface area (Å²) in [6.45, 7) is 6.27. The normalized spacial score (nSPS) is 17.0. The molecule has 5 heteroatoms. The van der Waals surface area contributed by atoms with Crippen LogP contribution in [-0.4, -0.2) is 30.6 Å². The van der Waals surface area contributed by atoms with E-state index in [9.17, 15) is 4.39 Å². The van der Waals surface area contributed by atoms with Crippen molar-refractivity contribution in [2.45, 2.75) is 39.0 Å². The number of rotatable bonds is 8. The summed E-state index contributed by atoms with van der Waals surface area (Å²) in [4.78, 5) is 2.54. The van der Waals surface area contributed by atoms with Crippen molar-refractivity contribution < 1.29 is 9.13 Å². The van der Waals surface area contributed by atoms with Crippen LogP contribution in [0.2, 0.25) is 5.02 Å². The highest BCUT2D eigenvalue weighted by atomic mass is 35.5. The Bertz CT molecular complexity index is 989. The van der Waals surface area contributed by atoms with E-state index in [1.165, 1.54) is 30.8 Å². The Morgan fingerprint density at radius 1 is 1.10 bits per heavy atom. The largest absolute Gasteiger partial charge is 0.488 e. The maximum atomic E-state index is 14.2. The van der Waals surface area contributed by atoms with Gasteiger partial charge in [0, 0.05) is 30.3 Å². The topological polar surface area (TPSA) is 24.5 Å². The number of benzene rings is 3. The Balaban J connectivity index is 1.53. The summed E-state index contributed by atoms with van der Waals surface area (Å²) in [6, 6.07) is 17.6. The lowest BCUT2D eigenvalue weighted by Crippen LogP contribution is -2.37. The van der Waals surface area contributed by atoms with Gasteiger partial charge in [0.05, 0.1) is 5.02 Å². The Kier molecular flexibility index (Phi) is 6.88. The zero-order chi connectivity index (χ0) is 20.9. The van der Waals surface area contributed by atoms with Gasteiger partial charge in [-0.2, -0.15) is 0 Å². The number of ether oxygens (including phenoxy) is 1. The summed E-state index contributed by atoms with van der Waals surface area (Å²) in [5, 5.41) is 6.35. The van der Waals surface area contributed by atoms with E-state index in [0.717, 1.165) is 29.8 Å². The fourth-order valence-electron chi connectivity index (χ4n) is 4.36. The predicted molar refractivity (Wildman–Crippen MR) is 122 cm³/mol. The van der Waals surface area contributed by atoms with Crippen LogP contribution in [0.3, 0.4) is 0 Å². The number of likely N-dealkylation sites (N-methyl/N-ethyl adjacent to an activating group) is 1. The van der Waals surface area contributed by atoms with Gasteiger partial charge in [-0.15, -0.1) is 0 Å². The smallest absolute Gasteiger partial charge is 0.131 e. The van der Waals surface area contributed by atoms with Crippen molar-refractivity contribution in [2.75, 3.05) is 19.6 Å². The van der Waals surface area contributed by atoms with Crippen LogP contribution < -0.4 is 10.1 Å². The molecule has 1 fully saturated rings. The van der Waals surface area contributed by atoms with Gasteiger partial charge < -0.3 is 10.1 Å². The number of nitrogens with zero attached hydrogens (tertiary/aromatic N) is 1. The summed E-state index contributed by atoms with van der Waals surface area (Å²) in [5.74, 6) is 0.420. The van der Waals surface area contributed by atoms with E-state index in [-0.39, 0.29) is 12.4 Å². The van der Waals surface area contributed by atoms with E-state index in [0.29, 0.717) is 23.2 Å². The van der Waals surface area contributed by atoms with Crippen LogP contribution in [0.25, 0.3) is 10.8 Å². The Morgan fingerprint density at radius 2 is 1.97 bits per heavy atom. The van der Waals surface area contributed by atoms with Crippen LogP contribution in [0.4, 0.5) is 4.39 Å². The molecule has 1 aliphatic rings. The zero-order valence-electron chi connectivity index (χ0n) is 17.3. The van der Waals surface area contributed by atoms with E-state index in [2.05, 4.69) is 29.3 Å². The quantitative estimate of drug-likeness (QED) is 0.493. The van der Waals surface area contributed by atoms with Crippen LogP contribution in [-0.2, 0) is 13.2 Å². The summed E-state index contributed by atoms with van der Waals surface area (Å²) in [6.07, 6.45) is 2.51. The highest BCUT2D eigenvalue weighted by Gasteiger charge is 2.22. The van der Waals surface area contributed by atoms with E-state index in [1.807, 2.05) is 24.3 Å². The summed E-state index contributed by atoms with van der Waals surface area (Å²) < 4.78 is 20.3. The molecule has 0 saturated carbocycles. The minimum absolute atomic E-state index is 0.100. The average Bonchev–Trinajstić information content (AvgIpc) is 3.22. The van der Waals surface area contributed by atoms with Crippen molar-refractivity contribution in [3.63, 3.8) is 0 Å². The summed E-state index contributed by atoms with van der Waals surface area (Å²) in [5.41, 5.74) is 1.48. The molecule has 1 atom stereocenters. The number of nitrogens with one attached hydrogen (secondary N) is 1. The van der Waals surface area contributed by atoms with Gasteiger partial charge in [0.2, 0.25) is 0 Å². The fraction of sp³-hybridized carbons (Fsp3) is 0.360. The molecule has 30 heavy (non-hydrogen) atoms. The van der Waals surface area contributed by atoms with E-state index in [4.69, 9.17) is 16.3 Å². The molecule has 1 heterocycles. The van der Waals surface area contributed by atoms with Gasteiger partial charge in [-0.1, -0.05) is 54.9 Å². The molecule has 4 rings (SSSR count). The SMILES string of the molecule is CCN1CCC[C@H]1CNCc1c(OCc2c(F)cccc2Cl)ccc2ccccc12. The first-order valence-electron chi connectivity index (χ1n) is 10.7. The third-order valence-corrected chi connectivity index (χ3v) is 6.37. The number of hydrogen-bond donors (Lipinski definition) is 1. The molecule has 3 aromatic rings. The van der Waals surface area contributed by atoms with Crippen molar-refractivity contribution >= 4 is 22.4 Å². The number of fused-ring (bicyclic) bond motifs is 1. The summed E-state index contributed by atoms with van der Waals surface area (Å²) >= 11 is 6.18. The molecule has 0 bridgehead atoms. The zero-order valence-corrected chi connectivity index (χ0v) is 18.1. The Labute approximate surface area is 182 Å². The maximum Gasteiger partial charge on any atom is 0.131 e. The van der Waals surface area contributed by atoms with Gasteiger partial charge >= 0.3 is 0 Å². The van der Waals surface area contributed by atoms with Crippen LogP contribution >= 0.6 is 11.6 Å². The van der Waals surface area contributed by atoms with Gasteiger partial charge in [0.25, 0.3) is 0 Å². The first-order chi connectivity index (χ1) is 14.7. The molecule has 0 unspecified atom stereocenters. The highest BCUT2D eigenvalue weighted by Crippen LogP contribution is 2.30. The Morgan fingerprint density at radius 3 is 2.80 bits per heavy atom.